The molecule has 0 bridgehead atoms. The molecule has 1 aromatic rings. The normalized spacial score (nSPS) is 17.3. The van der Waals surface area contributed by atoms with E-state index in [4.69, 9.17) is 10.2 Å². The van der Waals surface area contributed by atoms with Gasteiger partial charge in [-0.15, -0.1) is 12.4 Å². The first kappa shape index (κ1) is 23.4. The van der Waals surface area contributed by atoms with Gasteiger partial charge in [0.25, 0.3) is 15.9 Å². The van der Waals surface area contributed by atoms with Crippen molar-refractivity contribution in [2.45, 2.75) is 43.7 Å². The van der Waals surface area contributed by atoms with Gasteiger partial charge in [-0.05, 0) is 33.2 Å². The summed E-state index contributed by atoms with van der Waals surface area (Å²) in [5.74, 6) is -0.186. The van der Waals surface area contributed by atoms with Crippen molar-refractivity contribution in [3.05, 3.63) is 17.4 Å². The highest BCUT2D eigenvalue weighted by Crippen LogP contribution is 2.24. The molecule has 4 N–H and O–H groups in total. The van der Waals surface area contributed by atoms with Crippen molar-refractivity contribution in [2.75, 3.05) is 26.7 Å². The van der Waals surface area contributed by atoms with Crippen molar-refractivity contribution in [1.82, 2.24) is 14.9 Å². The van der Waals surface area contributed by atoms with E-state index in [9.17, 15) is 18.0 Å². The molecule has 9 nitrogen and oxygen atoms in total. The first-order valence-electron chi connectivity index (χ1n) is 8.62. The summed E-state index contributed by atoms with van der Waals surface area (Å²) >= 11 is 0. The number of likely N-dealkylation sites (tertiary alicyclic amines) is 1. The fraction of sp³-hybridized carbons (Fsp3) is 0.625. The minimum atomic E-state index is -3.76. The molecule has 0 radical (unpaired) electrons. The highest BCUT2D eigenvalue weighted by atomic mass is 35.5. The van der Waals surface area contributed by atoms with E-state index >= 15 is 0 Å². The third-order valence-electron chi connectivity index (χ3n) is 4.45. The van der Waals surface area contributed by atoms with Crippen molar-refractivity contribution < 1.29 is 22.4 Å². The van der Waals surface area contributed by atoms with E-state index in [-0.39, 0.29) is 59.6 Å². The van der Waals surface area contributed by atoms with Gasteiger partial charge in [-0.2, -0.15) is 0 Å². The van der Waals surface area contributed by atoms with Crippen LogP contribution in [0.15, 0.2) is 15.6 Å². The lowest BCUT2D eigenvalue weighted by molar-refractivity contribution is -0.121. The van der Waals surface area contributed by atoms with Gasteiger partial charge in [-0.3, -0.25) is 9.59 Å². The number of aryl methyl sites for hydroxylation is 1. The average Bonchev–Trinajstić information content (AvgIpc) is 3.02. The van der Waals surface area contributed by atoms with E-state index in [1.165, 1.54) is 13.1 Å². The second-order valence-electron chi connectivity index (χ2n) is 6.23. The van der Waals surface area contributed by atoms with Crippen molar-refractivity contribution in [3.63, 3.8) is 0 Å². The number of amides is 2. The van der Waals surface area contributed by atoms with Crippen LogP contribution in [0.4, 0.5) is 0 Å². The number of furan rings is 1. The Morgan fingerprint density at radius 1 is 1.37 bits per heavy atom. The topological polar surface area (TPSA) is 135 Å². The minimum Gasteiger partial charge on any atom is -0.448 e. The summed E-state index contributed by atoms with van der Waals surface area (Å²) in [6.07, 6.45) is 2.84. The van der Waals surface area contributed by atoms with Crippen molar-refractivity contribution in [3.8, 4) is 0 Å². The number of halogens is 1. The van der Waals surface area contributed by atoms with Gasteiger partial charge in [-0.25, -0.2) is 13.1 Å². The zero-order valence-electron chi connectivity index (χ0n) is 15.5. The Kier molecular flexibility index (Phi) is 8.73. The predicted octanol–water partition coefficient (Wildman–Crippen LogP) is 0.378. The Morgan fingerprint density at radius 3 is 2.70 bits per heavy atom. The van der Waals surface area contributed by atoms with Gasteiger partial charge in [0, 0.05) is 38.2 Å². The summed E-state index contributed by atoms with van der Waals surface area (Å²) in [5.41, 5.74) is 5.59. The van der Waals surface area contributed by atoms with E-state index in [0.29, 0.717) is 13.1 Å². The molecule has 2 rings (SSSR count). The standard InChI is InChI=1S/C16H26N4O5S.ClH/c1-11-13(9-15(25-11)26(23,24)18-2)16(22)20-8-4-3-5-12(20)10-19-14(21)6-7-17;/h9,12,18H,3-8,10,17H2,1-2H3,(H,19,21);1H. The van der Waals surface area contributed by atoms with Gasteiger partial charge in [0.2, 0.25) is 11.0 Å². The Bertz CT molecular complexity index is 765. The molecule has 1 unspecified atom stereocenters. The number of carbonyl (C=O) groups is 2. The number of sulfonamides is 1. The smallest absolute Gasteiger partial charge is 0.273 e. The van der Waals surface area contributed by atoms with Crippen molar-refractivity contribution in [2.24, 2.45) is 5.73 Å². The third kappa shape index (κ3) is 5.68. The molecule has 11 heteroatoms. The summed E-state index contributed by atoms with van der Waals surface area (Å²) in [5, 5.41) is 2.51. The summed E-state index contributed by atoms with van der Waals surface area (Å²) in [4.78, 5) is 26.3. The first-order valence-corrected chi connectivity index (χ1v) is 10.1. The van der Waals surface area contributed by atoms with Crippen LogP contribution < -0.4 is 15.8 Å². The number of piperidine rings is 1. The maximum Gasteiger partial charge on any atom is 0.273 e. The van der Waals surface area contributed by atoms with E-state index in [2.05, 4.69) is 10.0 Å². The number of nitrogens with zero attached hydrogens (tertiary/aromatic N) is 1. The van der Waals surface area contributed by atoms with Gasteiger partial charge in [0.15, 0.2) is 0 Å². The molecule has 1 aliphatic rings. The Balaban J connectivity index is 0.00000364. The average molecular weight is 423 g/mol. The fourth-order valence-electron chi connectivity index (χ4n) is 2.99. The lowest BCUT2D eigenvalue weighted by atomic mass is 10.0. The maximum absolute atomic E-state index is 12.9. The molecule has 1 atom stereocenters. The second kappa shape index (κ2) is 10.1. The van der Waals surface area contributed by atoms with E-state index in [1.54, 1.807) is 11.8 Å². The molecule has 0 spiro atoms. The number of rotatable bonds is 7. The molecular weight excluding hydrogens is 396 g/mol. The molecule has 1 aliphatic heterocycles. The monoisotopic (exact) mass is 422 g/mol. The SMILES string of the molecule is CNS(=O)(=O)c1cc(C(=O)N2CCCCC2CNC(=O)CCN)c(C)o1.Cl. The van der Waals surface area contributed by atoms with E-state index in [0.717, 1.165) is 19.3 Å². The second-order valence-corrected chi connectivity index (χ2v) is 8.05. The zero-order chi connectivity index (χ0) is 19.3. The summed E-state index contributed by atoms with van der Waals surface area (Å²) in [6.45, 7) is 2.73. The van der Waals surface area contributed by atoms with Crippen LogP contribution in [0.25, 0.3) is 0 Å². The van der Waals surface area contributed by atoms with Crippen LogP contribution in [-0.4, -0.2) is 57.9 Å². The molecule has 0 aromatic carbocycles. The lowest BCUT2D eigenvalue weighted by Gasteiger charge is -2.35. The number of hydrogen-bond donors (Lipinski definition) is 3. The Labute approximate surface area is 165 Å². The van der Waals surface area contributed by atoms with Crippen LogP contribution in [-0.2, 0) is 14.8 Å². The van der Waals surface area contributed by atoms with Gasteiger partial charge in [-0.1, -0.05) is 0 Å². The summed E-state index contributed by atoms with van der Waals surface area (Å²) in [7, 11) is -2.48. The van der Waals surface area contributed by atoms with Crippen LogP contribution in [0.2, 0.25) is 0 Å². The summed E-state index contributed by atoms with van der Waals surface area (Å²) < 4.78 is 31.2. The first-order chi connectivity index (χ1) is 12.3. The maximum atomic E-state index is 12.9. The van der Waals surface area contributed by atoms with Crippen LogP contribution in [0.5, 0.6) is 0 Å². The van der Waals surface area contributed by atoms with Gasteiger partial charge >= 0.3 is 0 Å². The molecule has 27 heavy (non-hydrogen) atoms. The molecule has 0 saturated carbocycles. The Hall–Kier alpha value is -1.62. The lowest BCUT2D eigenvalue weighted by Crippen LogP contribution is -2.49. The minimum absolute atomic E-state index is 0. The molecular formula is C16H27ClN4O5S. The highest BCUT2D eigenvalue weighted by Gasteiger charge is 2.31. The zero-order valence-corrected chi connectivity index (χ0v) is 17.1. The number of nitrogens with two attached hydrogens (primary N) is 1. The van der Waals surface area contributed by atoms with Gasteiger partial charge < -0.3 is 20.4 Å². The van der Waals surface area contributed by atoms with Crippen molar-refractivity contribution in [1.29, 1.82) is 0 Å². The quantitative estimate of drug-likeness (QED) is 0.581. The largest absolute Gasteiger partial charge is 0.448 e. The molecule has 1 saturated heterocycles. The molecule has 1 aromatic heterocycles. The van der Waals surface area contributed by atoms with E-state index < -0.39 is 10.0 Å². The van der Waals surface area contributed by atoms with Crippen LogP contribution in [0.1, 0.15) is 41.8 Å². The van der Waals surface area contributed by atoms with Crippen LogP contribution >= 0.6 is 12.4 Å². The molecule has 2 heterocycles. The third-order valence-corrected chi connectivity index (χ3v) is 5.72. The van der Waals surface area contributed by atoms with Gasteiger partial charge in [0.1, 0.15) is 5.76 Å². The number of hydrogen-bond acceptors (Lipinski definition) is 6. The fourth-order valence-corrected chi connectivity index (χ4v) is 3.70. The summed E-state index contributed by atoms with van der Waals surface area (Å²) in [6, 6.07) is 1.11. The van der Waals surface area contributed by atoms with Crippen LogP contribution in [0.3, 0.4) is 0 Å². The molecule has 154 valence electrons. The molecule has 1 fully saturated rings. The Morgan fingerprint density at radius 2 is 2.07 bits per heavy atom. The van der Waals surface area contributed by atoms with Gasteiger partial charge in [0.05, 0.1) is 5.56 Å². The molecule has 2 amide bonds. The number of nitrogens with one attached hydrogen (secondary N) is 2. The van der Waals surface area contributed by atoms with Crippen molar-refractivity contribution >= 4 is 34.2 Å². The highest BCUT2D eigenvalue weighted by molar-refractivity contribution is 7.89. The molecule has 0 aliphatic carbocycles. The van der Waals surface area contributed by atoms with Crippen LogP contribution in [0, 0.1) is 6.92 Å². The number of carbonyl (C=O) groups excluding carboxylic acids is 2. The van der Waals surface area contributed by atoms with E-state index in [1.807, 2.05) is 0 Å². The predicted molar refractivity (Wildman–Crippen MR) is 102 cm³/mol.